The van der Waals surface area contributed by atoms with E-state index in [4.69, 9.17) is 11.6 Å². The molecule has 0 amide bonds. The number of aliphatic imine (C=N–C) groups is 1. The highest BCUT2D eigenvalue weighted by Crippen LogP contribution is 2.53. The van der Waals surface area contributed by atoms with Gasteiger partial charge in [-0.2, -0.15) is 31.8 Å². The zero-order chi connectivity index (χ0) is 27.8. The van der Waals surface area contributed by atoms with Gasteiger partial charge in [0.1, 0.15) is 5.15 Å². The molecule has 1 aromatic heterocycles. The highest BCUT2D eigenvalue weighted by Gasteiger charge is 2.73. The van der Waals surface area contributed by atoms with Crippen LogP contribution in [-0.4, -0.2) is 51.9 Å². The van der Waals surface area contributed by atoms with Crippen molar-refractivity contribution in [3.8, 4) is 0 Å². The average molecular weight is 555 g/mol. The molecule has 0 unspecified atom stereocenters. The van der Waals surface area contributed by atoms with Gasteiger partial charge < -0.3 is 15.0 Å². The van der Waals surface area contributed by atoms with Gasteiger partial charge in [-0.25, -0.2) is 9.37 Å². The lowest BCUT2D eigenvalue weighted by Gasteiger charge is -2.31. The van der Waals surface area contributed by atoms with Crippen molar-refractivity contribution in [1.82, 2.24) is 9.88 Å². The number of pyridine rings is 1. The maximum atomic E-state index is 14.5. The van der Waals surface area contributed by atoms with Crippen molar-refractivity contribution in [3.05, 3.63) is 68.0 Å². The van der Waals surface area contributed by atoms with Gasteiger partial charge in [0, 0.05) is 24.8 Å². The van der Waals surface area contributed by atoms with Crippen LogP contribution in [-0.2, 0) is 12.2 Å². The first-order chi connectivity index (χ1) is 17.1. The topological polar surface area (TPSA) is 96.0 Å². The van der Waals surface area contributed by atoms with E-state index in [0.29, 0.717) is 24.2 Å². The molecule has 0 saturated heterocycles. The Hall–Kier alpha value is -3.49. The standard InChI is InChI=1S/C21H18ClF7N6O2/c1-11-7-14(19(23,20(24,25)26)21(27,28)29)8-12(2)16(11)32-33-18(35(36)37)17-30-5-6-34(17)10-13-3-4-15(22)31-9-13/h3-4,7-9,32H,5-6,10H2,1-2H3/b33-18-. The molecule has 0 aliphatic carbocycles. The number of aryl methyl sites for hydroxylation is 2. The summed E-state index contributed by atoms with van der Waals surface area (Å²) in [4.78, 5) is 20.4. The number of alkyl halides is 7. The molecule has 0 bridgehead atoms. The summed E-state index contributed by atoms with van der Waals surface area (Å²) in [5.74, 6) is -0.844. The van der Waals surface area contributed by atoms with Gasteiger partial charge in [-0.1, -0.05) is 17.7 Å². The zero-order valence-electron chi connectivity index (χ0n) is 19.1. The molecule has 1 aliphatic heterocycles. The van der Waals surface area contributed by atoms with Crippen LogP contribution in [0.2, 0.25) is 5.15 Å². The Morgan fingerprint density at radius 1 is 1.14 bits per heavy atom. The molecule has 1 N–H and O–H groups in total. The van der Waals surface area contributed by atoms with E-state index in [9.17, 15) is 40.8 Å². The lowest BCUT2D eigenvalue weighted by Crippen LogP contribution is -2.50. The van der Waals surface area contributed by atoms with Crippen molar-refractivity contribution >= 4 is 29.0 Å². The minimum absolute atomic E-state index is 0.101. The molecule has 3 rings (SSSR count). The fourth-order valence-corrected chi connectivity index (χ4v) is 3.79. The Bertz CT molecular complexity index is 1210. The molecule has 0 radical (unpaired) electrons. The number of benzene rings is 1. The summed E-state index contributed by atoms with van der Waals surface area (Å²) in [5, 5.41) is 15.7. The fourth-order valence-electron chi connectivity index (χ4n) is 3.68. The zero-order valence-corrected chi connectivity index (χ0v) is 19.8. The van der Waals surface area contributed by atoms with Crippen LogP contribution in [0.5, 0.6) is 0 Å². The number of nitrogens with one attached hydrogen (secondary N) is 1. The second-order valence-electron chi connectivity index (χ2n) is 8.06. The predicted molar refractivity (Wildman–Crippen MR) is 121 cm³/mol. The summed E-state index contributed by atoms with van der Waals surface area (Å²) >= 11 is 5.76. The van der Waals surface area contributed by atoms with Crippen LogP contribution >= 0.6 is 11.6 Å². The summed E-state index contributed by atoms with van der Waals surface area (Å²) < 4.78 is 93.3. The van der Waals surface area contributed by atoms with Crippen molar-refractivity contribution in [1.29, 1.82) is 0 Å². The molecule has 200 valence electrons. The van der Waals surface area contributed by atoms with E-state index in [-0.39, 0.29) is 40.9 Å². The van der Waals surface area contributed by atoms with Crippen molar-refractivity contribution in [3.63, 3.8) is 0 Å². The Kier molecular flexibility index (Phi) is 7.67. The Balaban J connectivity index is 1.93. The van der Waals surface area contributed by atoms with Crippen molar-refractivity contribution in [2.45, 2.75) is 38.4 Å². The summed E-state index contributed by atoms with van der Waals surface area (Å²) in [5.41, 5.74) is -4.95. The number of hydrazone groups is 1. The maximum absolute atomic E-state index is 14.5. The van der Waals surface area contributed by atoms with Gasteiger partial charge >= 0.3 is 23.9 Å². The van der Waals surface area contributed by atoms with Crippen LogP contribution in [0.15, 0.2) is 40.6 Å². The number of hydrogen-bond donors (Lipinski definition) is 1. The lowest BCUT2D eigenvalue weighted by molar-refractivity contribution is -0.348. The molecular weight excluding hydrogens is 537 g/mol. The Labute approximate surface area is 210 Å². The number of aromatic nitrogens is 1. The highest BCUT2D eigenvalue weighted by atomic mass is 35.5. The number of halogens is 8. The summed E-state index contributed by atoms with van der Waals surface area (Å²) in [6, 6.07) is 3.93. The summed E-state index contributed by atoms with van der Waals surface area (Å²) in [6.45, 7) is 2.92. The van der Waals surface area contributed by atoms with Crippen LogP contribution in [0.1, 0.15) is 22.3 Å². The number of nitrogens with zero attached hydrogens (tertiary/aromatic N) is 5. The molecule has 37 heavy (non-hydrogen) atoms. The van der Waals surface area contributed by atoms with E-state index in [1.54, 1.807) is 11.0 Å². The van der Waals surface area contributed by atoms with Gasteiger partial charge in [-0.15, -0.1) is 0 Å². The van der Waals surface area contributed by atoms with Crippen LogP contribution in [0.25, 0.3) is 0 Å². The average Bonchev–Trinajstić information content (AvgIpc) is 3.22. The Morgan fingerprint density at radius 2 is 1.73 bits per heavy atom. The largest absolute Gasteiger partial charge is 0.435 e. The quantitative estimate of drug-likeness (QED) is 0.126. The highest BCUT2D eigenvalue weighted by molar-refractivity contribution is 6.37. The summed E-state index contributed by atoms with van der Waals surface area (Å²) in [6.07, 6.45) is -11.1. The van der Waals surface area contributed by atoms with Gasteiger partial charge in [0.25, 0.3) is 0 Å². The smallest absolute Gasteiger partial charge is 0.358 e. The molecule has 0 fully saturated rings. The van der Waals surface area contributed by atoms with Crippen LogP contribution in [0, 0.1) is 24.0 Å². The number of amidine groups is 2. The second-order valence-corrected chi connectivity index (χ2v) is 8.45. The molecule has 2 aromatic rings. The van der Waals surface area contributed by atoms with Crippen LogP contribution in [0.3, 0.4) is 0 Å². The molecule has 0 saturated carbocycles. The van der Waals surface area contributed by atoms with Crippen molar-refractivity contribution in [2.24, 2.45) is 10.1 Å². The Morgan fingerprint density at radius 3 is 2.22 bits per heavy atom. The SMILES string of the molecule is Cc1cc(C(F)(C(F)(F)F)C(F)(F)F)cc(C)c1N/N=C(/C1=NCCN1Cc1ccc(Cl)nc1)[N+](=O)[O-]. The first-order valence-corrected chi connectivity index (χ1v) is 10.8. The third kappa shape index (κ3) is 5.60. The molecule has 0 spiro atoms. The molecule has 1 aliphatic rings. The second kappa shape index (κ2) is 10.1. The van der Waals surface area contributed by atoms with E-state index < -0.39 is 34.3 Å². The predicted octanol–water partition coefficient (Wildman–Crippen LogP) is 5.56. The molecule has 16 heteroatoms. The number of rotatable bonds is 6. The normalized spacial score (nSPS) is 15.1. The van der Waals surface area contributed by atoms with Crippen molar-refractivity contribution in [2.75, 3.05) is 18.5 Å². The van der Waals surface area contributed by atoms with E-state index >= 15 is 0 Å². The van der Waals surface area contributed by atoms with E-state index in [2.05, 4.69) is 20.5 Å². The number of nitro groups is 1. The first kappa shape index (κ1) is 28.1. The minimum Gasteiger partial charge on any atom is -0.358 e. The first-order valence-electron chi connectivity index (χ1n) is 10.4. The van der Waals surface area contributed by atoms with E-state index in [0.717, 1.165) is 13.8 Å². The molecule has 0 atom stereocenters. The van der Waals surface area contributed by atoms with E-state index in [1.165, 1.54) is 12.3 Å². The van der Waals surface area contributed by atoms with Gasteiger partial charge in [0.2, 0.25) is 5.84 Å². The third-order valence-corrected chi connectivity index (χ3v) is 5.67. The molecule has 1 aromatic carbocycles. The number of hydrogen-bond acceptors (Lipinski definition) is 7. The van der Waals surface area contributed by atoms with Crippen LogP contribution < -0.4 is 5.43 Å². The van der Waals surface area contributed by atoms with Gasteiger partial charge in [-0.3, -0.25) is 4.99 Å². The van der Waals surface area contributed by atoms with Crippen molar-refractivity contribution < 1.29 is 35.7 Å². The van der Waals surface area contributed by atoms with E-state index in [1.807, 2.05) is 0 Å². The lowest BCUT2D eigenvalue weighted by atomic mass is 9.90. The van der Waals surface area contributed by atoms with Gasteiger partial charge in [-0.05, 0) is 53.7 Å². The fraction of sp³-hybridized carbons (Fsp3) is 0.381. The molecular formula is C21H18ClF7N6O2. The minimum atomic E-state index is -6.28. The van der Waals surface area contributed by atoms with Gasteiger partial charge in [0.05, 0.1) is 17.3 Å². The monoisotopic (exact) mass is 554 g/mol. The third-order valence-electron chi connectivity index (χ3n) is 5.45. The molecule has 8 nitrogen and oxygen atoms in total. The maximum Gasteiger partial charge on any atom is 0.435 e. The van der Waals surface area contributed by atoms with Gasteiger partial charge in [0.15, 0.2) is 0 Å². The number of anilines is 1. The van der Waals surface area contributed by atoms with Crippen LogP contribution in [0.4, 0.5) is 36.4 Å². The molecule has 2 heterocycles. The summed E-state index contributed by atoms with van der Waals surface area (Å²) in [7, 11) is 0.